The number of carbonyl (C=O) groups excluding carboxylic acids is 1. The number of anilines is 1. The van der Waals surface area contributed by atoms with Crippen molar-refractivity contribution in [3.63, 3.8) is 0 Å². The number of nitrogens with one attached hydrogen (secondary N) is 1. The van der Waals surface area contributed by atoms with Crippen molar-refractivity contribution >= 4 is 11.9 Å². The van der Waals surface area contributed by atoms with Crippen LogP contribution >= 0.6 is 0 Å². The van der Waals surface area contributed by atoms with E-state index in [9.17, 15) is 4.79 Å². The third-order valence-electron chi connectivity index (χ3n) is 2.19. The molecule has 1 aromatic heterocycles. The van der Waals surface area contributed by atoms with Gasteiger partial charge in [0, 0.05) is 6.54 Å². The largest absolute Gasteiger partial charge is 0.367 e. The van der Waals surface area contributed by atoms with E-state index >= 15 is 0 Å². The Morgan fingerprint density at radius 2 is 2.12 bits per heavy atom. The second kappa shape index (κ2) is 5.11. The molecule has 0 unspecified atom stereocenters. The normalized spacial score (nSPS) is 10.1. The zero-order valence-corrected chi connectivity index (χ0v) is 9.21. The smallest absolute Gasteiger partial charge is 0.242 e. The summed E-state index contributed by atoms with van der Waals surface area (Å²) in [5.41, 5.74) is 6.40. The van der Waals surface area contributed by atoms with Crippen LogP contribution in [0.25, 0.3) is 0 Å². The van der Waals surface area contributed by atoms with E-state index in [0.29, 0.717) is 6.54 Å². The van der Waals surface area contributed by atoms with Gasteiger partial charge in [-0.3, -0.25) is 4.79 Å². The lowest BCUT2D eigenvalue weighted by Gasteiger charge is -2.04. The number of amides is 1. The molecule has 3 N–H and O–H groups in total. The van der Waals surface area contributed by atoms with Gasteiger partial charge in [0.2, 0.25) is 11.9 Å². The summed E-state index contributed by atoms with van der Waals surface area (Å²) in [5, 5.41) is 6.62. The number of rotatable bonds is 4. The molecule has 1 amide bonds. The molecule has 0 aliphatic heterocycles. The standard InChI is InChI=1S/C11H13N5O/c12-11-14-8-16(15-11)7-10(17)13-6-9-4-2-1-3-5-9/h1-5,8H,6-7H2,(H2,12,15)(H,13,17). The van der Waals surface area contributed by atoms with E-state index in [4.69, 9.17) is 5.73 Å². The van der Waals surface area contributed by atoms with E-state index < -0.39 is 0 Å². The average molecular weight is 231 g/mol. The van der Waals surface area contributed by atoms with Crippen LogP contribution in [0.1, 0.15) is 5.56 Å². The highest BCUT2D eigenvalue weighted by molar-refractivity contribution is 5.75. The second-order valence-electron chi connectivity index (χ2n) is 3.56. The number of hydrogen-bond donors (Lipinski definition) is 2. The van der Waals surface area contributed by atoms with Gasteiger partial charge in [-0.2, -0.15) is 0 Å². The molecule has 0 aliphatic carbocycles. The number of nitrogens with zero attached hydrogens (tertiary/aromatic N) is 3. The highest BCUT2D eigenvalue weighted by Gasteiger charge is 2.03. The zero-order chi connectivity index (χ0) is 12.1. The summed E-state index contributed by atoms with van der Waals surface area (Å²) in [6, 6.07) is 9.70. The van der Waals surface area contributed by atoms with Crippen LogP contribution in [-0.4, -0.2) is 20.7 Å². The lowest BCUT2D eigenvalue weighted by Crippen LogP contribution is -2.27. The number of benzene rings is 1. The Hall–Kier alpha value is -2.37. The highest BCUT2D eigenvalue weighted by Crippen LogP contribution is 1.97. The zero-order valence-electron chi connectivity index (χ0n) is 9.21. The van der Waals surface area contributed by atoms with Crippen LogP contribution in [-0.2, 0) is 17.9 Å². The first-order valence-electron chi connectivity index (χ1n) is 5.19. The van der Waals surface area contributed by atoms with Crippen LogP contribution in [0, 0.1) is 0 Å². The van der Waals surface area contributed by atoms with Gasteiger partial charge in [-0.15, -0.1) is 5.10 Å². The van der Waals surface area contributed by atoms with Crippen LogP contribution in [0.3, 0.4) is 0 Å². The van der Waals surface area contributed by atoms with E-state index in [1.807, 2.05) is 30.3 Å². The highest BCUT2D eigenvalue weighted by atomic mass is 16.2. The third kappa shape index (κ3) is 3.30. The van der Waals surface area contributed by atoms with Gasteiger partial charge in [-0.1, -0.05) is 30.3 Å². The van der Waals surface area contributed by atoms with Gasteiger partial charge in [0.25, 0.3) is 0 Å². The van der Waals surface area contributed by atoms with Crippen molar-refractivity contribution in [1.29, 1.82) is 0 Å². The predicted molar refractivity (Wildman–Crippen MR) is 62.7 cm³/mol. The van der Waals surface area contributed by atoms with Crippen molar-refractivity contribution < 1.29 is 4.79 Å². The van der Waals surface area contributed by atoms with E-state index in [2.05, 4.69) is 15.4 Å². The Morgan fingerprint density at radius 3 is 2.76 bits per heavy atom. The van der Waals surface area contributed by atoms with Crippen LogP contribution < -0.4 is 11.1 Å². The molecule has 88 valence electrons. The molecule has 6 heteroatoms. The molecule has 0 atom stereocenters. The molecule has 0 saturated carbocycles. The lowest BCUT2D eigenvalue weighted by molar-refractivity contribution is -0.122. The number of carbonyl (C=O) groups is 1. The summed E-state index contributed by atoms with van der Waals surface area (Å²) in [4.78, 5) is 15.3. The Balaban J connectivity index is 1.82. The fraction of sp³-hybridized carbons (Fsp3) is 0.182. The third-order valence-corrected chi connectivity index (χ3v) is 2.19. The van der Waals surface area contributed by atoms with Crippen molar-refractivity contribution in [2.45, 2.75) is 13.1 Å². The summed E-state index contributed by atoms with van der Waals surface area (Å²) in [6.45, 7) is 0.626. The molecule has 1 aromatic carbocycles. The van der Waals surface area contributed by atoms with Crippen LogP contribution in [0.15, 0.2) is 36.7 Å². The van der Waals surface area contributed by atoms with E-state index in [0.717, 1.165) is 5.56 Å². The van der Waals surface area contributed by atoms with Crippen molar-refractivity contribution in [2.24, 2.45) is 0 Å². The summed E-state index contributed by atoms with van der Waals surface area (Å²) in [7, 11) is 0. The van der Waals surface area contributed by atoms with Gasteiger partial charge in [0.1, 0.15) is 12.9 Å². The molecule has 1 heterocycles. The minimum atomic E-state index is -0.126. The topological polar surface area (TPSA) is 85.8 Å². The maximum atomic E-state index is 11.6. The van der Waals surface area contributed by atoms with Gasteiger partial charge in [0.15, 0.2) is 0 Å². The maximum absolute atomic E-state index is 11.6. The van der Waals surface area contributed by atoms with Crippen molar-refractivity contribution in [3.05, 3.63) is 42.2 Å². The quantitative estimate of drug-likeness (QED) is 0.785. The predicted octanol–water partition coefficient (Wildman–Crippen LogP) is 0.177. The Morgan fingerprint density at radius 1 is 1.35 bits per heavy atom. The van der Waals surface area contributed by atoms with E-state index in [-0.39, 0.29) is 18.4 Å². The summed E-state index contributed by atoms with van der Waals surface area (Å²) < 4.78 is 1.40. The number of nitrogens with two attached hydrogens (primary N) is 1. The lowest BCUT2D eigenvalue weighted by atomic mass is 10.2. The first-order valence-corrected chi connectivity index (χ1v) is 5.19. The van der Waals surface area contributed by atoms with Gasteiger partial charge in [-0.25, -0.2) is 9.67 Å². The molecule has 2 rings (SSSR count). The molecule has 0 radical (unpaired) electrons. The van der Waals surface area contributed by atoms with Crippen molar-refractivity contribution in [3.8, 4) is 0 Å². The fourth-order valence-electron chi connectivity index (χ4n) is 1.38. The first kappa shape index (κ1) is 11.1. The molecule has 17 heavy (non-hydrogen) atoms. The number of aromatic nitrogens is 3. The fourth-order valence-corrected chi connectivity index (χ4v) is 1.38. The Labute approximate surface area is 98.5 Å². The second-order valence-corrected chi connectivity index (χ2v) is 3.56. The average Bonchev–Trinajstić information content (AvgIpc) is 2.73. The van der Waals surface area contributed by atoms with Crippen LogP contribution in [0.5, 0.6) is 0 Å². The van der Waals surface area contributed by atoms with Crippen LogP contribution in [0.4, 0.5) is 5.95 Å². The molecule has 0 aliphatic rings. The molecule has 0 saturated heterocycles. The molecular formula is C11H13N5O. The first-order chi connectivity index (χ1) is 8.24. The minimum Gasteiger partial charge on any atom is -0.367 e. The molecule has 6 nitrogen and oxygen atoms in total. The SMILES string of the molecule is Nc1ncn(CC(=O)NCc2ccccc2)n1. The Kier molecular flexibility index (Phi) is 3.34. The van der Waals surface area contributed by atoms with Gasteiger partial charge < -0.3 is 11.1 Å². The Bertz CT molecular complexity index is 494. The van der Waals surface area contributed by atoms with Gasteiger partial charge in [0.05, 0.1) is 0 Å². The molecule has 0 spiro atoms. The maximum Gasteiger partial charge on any atom is 0.242 e. The van der Waals surface area contributed by atoms with Crippen molar-refractivity contribution in [1.82, 2.24) is 20.1 Å². The number of hydrogen-bond acceptors (Lipinski definition) is 4. The van der Waals surface area contributed by atoms with Crippen LogP contribution in [0.2, 0.25) is 0 Å². The minimum absolute atomic E-state index is 0.122. The summed E-state index contributed by atoms with van der Waals surface area (Å²) in [6.07, 6.45) is 1.43. The number of nitrogen functional groups attached to an aromatic ring is 1. The summed E-state index contributed by atoms with van der Waals surface area (Å²) >= 11 is 0. The summed E-state index contributed by atoms with van der Waals surface area (Å²) in [5.74, 6) is 0.0413. The molecule has 0 fully saturated rings. The van der Waals surface area contributed by atoms with Gasteiger partial charge >= 0.3 is 0 Å². The van der Waals surface area contributed by atoms with Gasteiger partial charge in [-0.05, 0) is 5.56 Å². The molecule has 0 bridgehead atoms. The molecule has 2 aromatic rings. The monoisotopic (exact) mass is 231 g/mol. The van der Waals surface area contributed by atoms with E-state index in [1.165, 1.54) is 11.0 Å². The molecular weight excluding hydrogens is 218 g/mol. The van der Waals surface area contributed by atoms with Crippen molar-refractivity contribution in [2.75, 3.05) is 5.73 Å². The van der Waals surface area contributed by atoms with E-state index in [1.54, 1.807) is 0 Å².